The number of aryl methyl sites for hydroxylation is 1. The summed E-state index contributed by atoms with van der Waals surface area (Å²) < 4.78 is 5.77. The average molecular weight is 228 g/mol. The van der Waals surface area contributed by atoms with E-state index in [1.807, 2.05) is 32.9 Å². The highest BCUT2D eigenvalue weighted by Crippen LogP contribution is 2.28. The number of rotatable bonds is 4. The fraction of sp³-hybridized carbons (Fsp3) is 0.500. The van der Waals surface area contributed by atoms with E-state index in [1.165, 1.54) is 0 Å². The summed E-state index contributed by atoms with van der Waals surface area (Å²) in [5, 5.41) is 0.743. The quantitative estimate of drug-likeness (QED) is 0.859. The van der Waals surface area contributed by atoms with Gasteiger partial charge < -0.3 is 10.5 Å². The molecule has 0 aliphatic carbocycles. The highest BCUT2D eigenvalue weighted by atomic mass is 35.5. The number of hydrogen-bond acceptors (Lipinski definition) is 2. The first-order chi connectivity index (χ1) is 7.04. The molecule has 0 spiro atoms. The van der Waals surface area contributed by atoms with Gasteiger partial charge in [-0.2, -0.15) is 0 Å². The minimum Gasteiger partial charge on any atom is -0.490 e. The molecular formula is C12H18ClNO. The lowest BCUT2D eigenvalue weighted by atomic mass is 10.1. The molecule has 1 aromatic rings. The monoisotopic (exact) mass is 227 g/mol. The van der Waals surface area contributed by atoms with Crippen molar-refractivity contribution >= 4 is 11.6 Å². The Hall–Kier alpha value is -0.730. The maximum absolute atomic E-state index is 6.00. The van der Waals surface area contributed by atoms with Crippen LogP contribution in [0.2, 0.25) is 5.02 Å². The largest absolute Gasteiger partial charge is 0.490 e. The van der Waals surface area contributed by atoms with Gasteiger partial charge in [-0.3, -0.25) is 0 Å². The lowest BCUT2D eigenvalue weighted by Gasteiger charge is -2.17. The Morgan fingerprint density at radius 3 is 2.60 bits per heavy atom. The molecule has 2 nitrogen and oxygen atoms in total. The summed E-state index contributed by atoms with van der Waals surface area (Å²) in [7, 11) is 0. The summed E-state index contributed by atoms with van der Waals surface area (Å²) in [6.07, 6.45) is 0.963. The molecule has 0 heterocycles. The molecule has 0 fully saturated rings. The molecule has 3 heteroatoms. The van der Waals surface area contributed by atoms with E-state index in [4.69, 9.17) is 22.1 Å². The third-order valence-electron chi connectivity index (χ3n) is 2.08. The second-order valence-corrected chi connectivity index (χ2v) is 4.35. The first kappa shape index (κ1) is 12.3. The molecule has 2 N–H and O–H groups in total. The van der Waals surface area contributed by atoms with Crippen LogP contribution in [0.5, 0.6) is 5.75 Å². The summed E-state index contributed by atoms with van der Waals surface area (Å²) in [5.74, 6) is 0.930. The van der Waals surface area contributed by atoms with Crippen molar-refractivity contribution < 1.29 is 4.74 Å². The molecule has 1 aromatic carbocycles. The van der Waals surface area contributed by atoms with E-state index < -0.39 is 0 Å². The van der Waals surface area contributed by atoms with Crippen LogP contribution in [0.3, 0.4) is 0 Å². The van der Waals surface area contributed by atoms with Gasteiger partial charge in [0, 0.05) is 5.02 Å². The molecule has 0 aromatic heterocycles. The maximum atomic E-state index is 6.00. The second-order valence-electron chi connectivity index (χ2n) is 3.92. The van der Waals surface area contributed by atoms with Gasteiger partial charge in [0.05, 0.1) is 6.10 Å². The third kappa shape index (κ3) is 3.40. The molecule has 0 saturated heterocycles. The lowest BCUT2D eigenvalue weighted by Crippen LogP contribution is -2.11. The van der Waals surface area contributed by atoms with Crippen LogP contribution >= 0.6 is 11.6 Å². The molecule has 0 radical (unpaired) electrons. The summed E-state index contributed by atoms with van der Waals surface area (Å²) in [4.78, 5) is 0. The van der Waals surface area contributed by atoms with E-state index in [0.29, 0.717) is 6.54 Å². The molecule has 0 saturated carbocycles. The minimum atomic E-state index is 0.168. The maximum Gasteiger partial charge on any atom is 0.125 e. The molecule has 0 bridgehead atoms. The van der Waals surface area contributed by atoms with Gasteiger partial charge in [-0.15, -0.1) is 0 Å². The van der Waals surface area contributed by atoms with Gasteiger partial charge >= 0.3 is 0 Å². The zero-order valence-electron chi connectivity index (χ0n) is 9.51. The molecule has 0 unspecified atom stereocenters. The normalized spacial score (nSPS) is 10.8. The van der Waals surface area contributed by atoms with E-state index >= 15 is 0 Å². The Morgan fingerprint density at radius 1 is 1.40 bits per heavy atom. The van der Waals surface area contributed by atoms with Crippen LogP contribution in [0, 0.1) is 6.92 Å². The Balaban J connectivity index is 3.08. The molecule has 15 heavy (non-hydrogen) atoms. The zero-order valence-corrected chi connectivity index (χ0v) is 10.3. The second kappa shape index (κ2) is 5.38. The predicted octanol–water partition coefficient (Wildman–Crippen LogP) is 2.94. The molecule has 0 aliphatic rings. The number of halogens is 1. The predicted molar refractivity (Wildman–Crippen MR) is 64.7 cm³/mol. The van der Waals surface area contributed by atoms with Crippen molar-refractivity contribution in [2.24, 2.45) is 5.73 Å². The van der Waals surface area contributed by atoms with Crippen LogP contribution in [0.4, 0.5) is 0 Å². The van der Waals surface area contributed by atoms with Crippen molar-refractivity contribution in [2.75, 3.05) is 6.54 Å². The van der Waals surface area contributed by atoms with Crippen molar-refractivity contribution in [1.82, 2.24) is 0 Å². The van der Waals surface area contributed by atoms with Gasteiger partial charge in [0.25, 0.3) is 0 Å². The van der Waals surface area contributed by atoms with Crippen LogP contribution < -0.4 is 10.5 Å². The van der Waals surface area contributed by atoms with E-state index in [1.54, 1.807) is 0 Å². The minimum absolute atomic E-state index is 0.168. The summed E-state index contributed by atoms with van der Waals surface area (Å²) in [5.41, 5.74) is 7.72. The lowest BCUT2D eigenvalue weighted by molar-refractivity contribution is 0.238. The van der Waals surface area contributed by atoms with Crippen LogP contribution in [0.25, 0.3) is 0 Å². The molecular weight excluding hydrogens is 210 g/mol. The van der Waals surface area contributed by atoms with Crippen LogP contribution in [-0.4, -0.2) is 12.6 Å². The number of ether oxygens (including phenoxy) is 1. The Kier molecular flexibility index (Phi) is 4.43. The average Bonchev–Trinajstić information content (AvgIpc) is 2.11. The fourth-order valence-corrected chi connectivity index (χ4v) is 1.84. The Labute approximate surface area is 96.4 Å². The van der Waals surface area contributed by atoms with Crippen LogP contribution in [0.15, 0.2) is 12.1 Å². The first-order valence-corrected chi connectivity index (χ1v) is 5.58. The van der Waals surface area contributed by atoms with Gasteiger partial charge in [0.1, 0.15) is 5.75 Å². The van der Waals surface area contributed by atoms with Gasteiger partial charge in [0.2, 0.25) is 0 Å². The fourth-order valence-electron chi connectivity index (χ4n) is 1.54. The van der Waals surface area contributed by atoms with Gasteiger partial charge in [-0.05, 0) is 57.0 Å². The van der Waals surface area contributed by atoms with Crippen LogP contribution in [0.1, 0.15) is 25.0 Å². The van der Waals surface area contributed by atoms with Crippen molar-refractivity contribution in [3.8, 4) is 5.75 Å². The van der Waals surface area contributed by atoms with Gasteiger partial charge in [-0.25, -0.2) is 0 Å². The highest BCUT2D eigenvalue weighted by molar-refractivity contribution is 6.30. The van der Waals surface area contributed by atoms with Crippen molar-refractivity contribution in [1.29, 1.82) is 0 Å². The molecule has 1 rings (SSSR count). The Morgan fingerprint density at radius 2 is 2.07 bits per heavy atom. The van der Waals surface area contributed by atoms with E-state index in [0.717, 1.165) is 28.3 Å². The molecule has 0 amide bonds. The van der Waals surface area contributed by atoms with E-state index in [-0.39, 0.29) is 6.10 Å². The van der Waals surface area contributed by atoms with E-state index in [2.05, 4.69) is 0 Å². The van der Waals surface area contributed by atoms with Crippen molar-refractivity contribution in [2.45, 2.75) is 33.3 Å². The SMILES string of the molecule is Cc1cc(Cl)cc(CCN)c1OC(C)C. The molecule has 84 valence electrons. The van der Waals surface area contributed by atoms with Crippen molar-refractivity contribution in [3.05, 3.63) is 28.3 Å². The molecule has 0 aliphatic heterocycles. The zero-order chi connectivity index (χ0) is 11.4. The first-order valence-electron chi connectivity index (χ1n) is 5.20. The van der Waals surface area contributed by atoms with Gasteiger partial charge in [0.15, 0.2) is 0 Å². The number of benzene rings is 1. The summed E-state index contributed by atoms with van der Waals surface area (Å²) >= 11 is 6.00. The smallest absolute Gasteiger partial charge is 0.125 e. The summed E-state index contributed by atoms with van der Waals surface area (Å²) in [6, 6.07) is 3.85. The van der Waals surface area contributed by atoms with Crippen LogP contribution in [-0.2, 0) is 6.42 Å². The van der Waals surface area contributed by atoms with E-state index in [9.17, 15) is 0 Å². The number of hydrogen-bond donors (Lipinski definition) is 1. The summed E-state index contributed by atoms with van der Waals surface area (Å²) in [6.45, 7) is 6.64. The third-order valence-corrected chi connectivity index (χ3v) is 2.30. The Bertz CT molecular complexity index is 337. The standard InChI is InChI=1S/C12H18ClNO/c1-8(2)15-12-9(3)6-11(13)7-10(12)4-5-14/h6-8H,4-5,14H2,1-3H3. The van der Waals surface area contributed by atoms with Gasteiger partial charge in [-0.1, -0.05) is 11.6 Å². The molecule has 0 atom stereocenters. The topological polar surface area (TPSA) is 35.2 Å². The van der Waals surface area contributed by atoms with Crippen molar-refractivity contribution in [3.63, 3.8) is 0 Å². The highest BCUT2D eigenvalue weighted by Gasteiger charge is 2.09. The number of nitrogens with two attached hydrogens (primary N) is 1.